The molecule has 1 saturated heterocycles. The molecule has 32 heavy (non-hydrogen) atoms. The maximum Gasteiger partial charge on any atom is 0.233 e. The molecule has 6 rings (SSSR count). The lowest BCUT2D eigenvalue weighted by atomic mass is 9.78. The zero-order valence-electron chi connectivity index (χ0n) is 17.2. The molecule has 1 N–H and O–H groups in total. The number of hydrogen-bond acceptors (Lipinski definition) is 4. The van der Waals surface area contributed by atoms with Gasteiger partial charge in [-0.3, -0.25) is 4.79 Å². The molecular weight excluding hydrogens is 412 g/mol. The Hall–Kier alpha value is -3.68. The number of hydrogen-bond donors (Lipinski definition) is 1. The van der Waals surface area contributed by atoms with Crippen molar-refractivity contribution in [1.29, 1.82) is 0 Å². The summed E-state index contributed by atoms with van der Waals surface area (Å²) in [5.41, 5.74) is 3.48. The molecule has 1 amide bonds. The summed E-state index contributed by atoms with van der Waals surface area (Å²) < 4.78 is 30.8. The standard InChI is InChI=1S/C24H19F2N5O/c1-12-2-6-18(30-29-12)14-8-16(25)22(17(26)9-14)23-21(13-3-4-13)24(32)31(23)15-5-7-19-20(10-15)28-11-27-19/h2,5-11,13,21,23H,3-4H2,1H3,(H,27,28). The first kappa shape index (κ1) is 19.0. The number of anilines is 1. The van der Waals surface area contributed by atoms with Crippen LogP contribution in [0.25, 0.3) is 22.3 Å². The van der Waals surface area contributed by atoms with Gasteiger partial charge in [0, 0.05) is 16.8 Å². The number of aryl methyl sites for hydroxylation is 1. The van der Waals surface area contributed by atoms with Crippen LogP contribution >= 0.6 is 0 Å². The molecule has 6 nitrogen and oxygen atoms in total. The summed E-state index contributed by atoms with van der Waals surface area (Å²) in [6, 6.07) is 10.7. The number of β-lactam (4-membered cyclic amide) rings is 1. The van der Waals surface area contributed by atoms with Crippen LogP contribution in [-0.2, 0) is 4.79 Å². The number of carbonyl (C=O) groups excluding carboxylic acids is 1. The van der Waals surface area contributed by atoms with Gasteiger partial charge in [0.15, 0.2) is 0 Å². The number of rotatable bonds is 4. The summed E-state index contributed by atoms with van der Waals surface area (Å²) in [4.78, 5) is 21.8. The Labute approximate surface area is 182 Å². The highest BCUT2D eigenvalue weighted by Gasteiger charge is 2.56. The Balaban J connectivity index is 1.43. The van der Waals surface area contributed by atoms with Crippen LogP contribution in [0, 0.1) is 30.4 Å². The van der Waals surface area contributed by atoms with E-state index in [0.29, 0.717) is 16.9 Å². The van der Waals surface area contributed by atoms with Gasteiger partial charge >= 0.3 is 0 Å². The van der Waals surface area contributed by atoms with Crippen LogP contribution in [0.15, 0.2) is 48.8 Å². The Kier molecular flexibility index (Phi) is 4.11. The smallest absolute Gasteiger partial charge is 0.233 e. The van der Waals surface area contributed by atoms with Gasteiger partial charge in [-0.2, -0.15) is 10.2 Å². The van der Waals surface area contributed by atoms with E-state index in [1.165, 1.54) is 17.0 Å². The third-order valence-corrected chi connectivity index (χ3v) is 6.42. The second-order valence-electron chi connectivity index (χ2n) is 8.53. The van der Waals surface area contributed by atoms with Crippen molar-refractivity contribution in [2.24, 2.45) is 11.8 Å². The van der Waals surface area contributed by atoms with Crippen molar-refractivity contribution in [3.05, 3.63) is 71.7 Å². The zero-order chi connectivity index (χ0) is 22.0. The number of halogens is 2. The number of benzene rings is 2. The van der Waals surface area contributed by atoms with Gasteiger partial charge in [-0.1, -0.05) is 0 Å². The fourth-order valence-electron chi connectivity index (χ4n) is 4.66. The van der Waals surface area contributed by atoms with Crippen LogP contribution in [0.4, 0.5) is 14.5 Å². The molecule has 1 saturated carbocycles. The Morgan fingerprint density at radius 2 is 1.81 bits per heavy atom. The van der Waals surface area contributed by atoms with E-state index in [2.05, 4.69) is 20.2 Å². The molecule has 4 aromatic rings. The van der Waals surface area contributed by atoms with Crippen molar-refractivity contribution in [2.75, 3.05) is 4.90 Å². The molecule has 0 bridgehead atoms. The number of fused-ring (bicyclic) bond motifs is 1. The van der Waals surface area contributed by atoms with E-state index in [4.69, 9.17) is 0 Å². The van der Waals surface area contributed by atoms with Gasteiger partial charge in [0.1, 0.15) is 11.6 Å². The number of aromatic nitrogens is 4. The first-order chi connectivity index (χ1) is 15.5. The maximum atomic E-state index is 15.4. The molecule has 2 aromatic heterocycles. The van der Waals surface area contributed by atoms with E-state index >= 15 is 8.78 Å². The van der Waals surface area contributed by atoms with Gasteiger partial charge in [-0.25, -0.2) is 13.8 Å². The second-order valence-corrected chi connectivity index (χ2v) is 8.53. The fraction of sp³-hybridized carbons (Fsp3) is 0.250. The molecular formula is C24H19F2N5O. The van der Waals surface area contributed by atoms with Gasteiger partial charge in [0.05, 0.1) is 40.7 Å². The predicted octanol–water partition coefficient (Wildman–Crippen LogP) is 4.72. The molecule has 2 atom stereocenters. The minimum Gasteiger partial charge on any atom is -0.345 e. The van der Waals surface area contributed by atoms with E-state index in [1.54, 1.807) is 43.6 Å². The minimum atomic E-state index is -0.687. The lowest BCUT2D eigenvalue weighted by Crippen LogP contribution is -2.56. The van der Waals surface area contributed by atoms with Crippen molar-refractivity contribution >= 4 is 22.6 Å². The molecule has 160 valence electrons. The summed E-state index contributed by atoms with van der Waals surface area (Å²) in [6.45, 7) is 1.79. The van der Waals surface area contributed by atoms with Gasteiger partial charge in [-0.05, 0) is 68.1 Å². The van der Waals surface area contributed by atoms with Crippen LogP contribution in [0.3, 0.4) is 0 Å². The number of amides is 1. The van der Waals surface area contributed by atoms with Crippen molar-refractivity contribution < 1.29 is 13.6 Å². The van der Waals surface area contributed by atoms with Gasteiger partial charge in [-0.15, -0.1) is 0 Å². The lowest BCUT2D eigenvalue weighted by Gasteiger charge is -2.48. The maximum absolute atomic E-state index is 15.4. The van der Waals surface area contributed by atoms with E-state index in [1.807, 2.05) is 0 Å². The first-order valence-corrected chi connectivity index (χ1v) is 10.6. The van der Waals surface area contributed by atoms with Crippen LogP contribution in [0.1, 0.15) is 30.1 Å². The third-order valence-electron chi connectivity index (χ3n) is 6.42. The highest BCUT2D eigenvalue weighted by Crippen LogP contribution is 2.55. The van der Waals surface area contributed by atoms with Crippen LogP contribution in [-0.4, -0.2) is 26.1 Å². The summed E-state index contributed by atoms with van der Waals surface area (Å²) >= 11 is 0. The molecule has 0 radical (unpaired) electrons. The van der Waals surface area contributed by atoms with Crippen molar-refractivity contribution in [3.8, 4) is 11.3 Å². The highest BCUT2D eigenvalue weighted by molar-refractivity contribution is 6.04. The molecule has 0 spiro atoms. The Bertz CT molecular complexity index is 1340. The van der Waals surface area contributed by atoms with Crippen molar-refractivity contribution in [3.63, 3.8) is 0 Å². The van der Waals surface area contributed by atoms with Crippen LogP contribution < -0.4 is 4.90 Å². The van der Waals surface area contributed by atoms with Crippen molar-refractivity contribution in [1.82, 2.24) is 20.2 Å². The minimum absolute atomic E-state index is 0.0740. The van der Waals surface area contributed by atoms with Gasteiger partial charge < -0.3 is 9.88 Å². The Morgan fingerprint density at radius 3 is 2.50 bits per heavy atom. The topological polar surface area (TPSA) is 74.8 Å². The van der Waals surface area contributed by atoms with E-state index in [-0.39, 0.29) is 17.4 Å². The zero-order valence-corrected chi connectivity index (χ0v) is 17.2. The molecule has 1 aliphatic heterocycles. The summed E-state index contributed by atoms with van der Waals surface area (Å²) in [5, 5.41) is 8.00. The monoisotopic (exact) mass is 431 g/mol. The molecule has 2 aromatic carbocycles. The molecule has 2 fully saturated rings. The molecule has 8 heteroatoms. The van der Waals surface area contributed by atoms with Crippen LogP contribution in [0.2, 0.25) is 0 Å². The Morgan fingerprint density at radius 1 is 1.03 bits per heavy atom. The number of imidazole rings is 1. The number of H-pyrrole nitrogens is 1. The quantitative estimate of drug-likeness (QED) is 0.475. The fourth-order valence-corrected chi connectivity index (χ4v) is 4.66. The average molecular weight is 431 g/mol. The van der Waals surface area contributed by atoms with Gasteiger partial charge in [0.2, 0.25) is 5.91 Å². The third kappa shape index (κ3) is 2.90. The largest absolute Gasteiger partial charge is 0.345 e. The van der Waals surface area contributed by atoms with Crippen molar-refractivity contribution in [2.45, 2.75) is 25.8 Å². The molecule has 2 aliphatic rings. The SMILES string of the molecule is Cc1ccc(-c2cc(F)c(C3C(C4CC4)C(=O)N3c3ccc4nc[nH]c4c3)c(F)c2)nn1. The van der Waals surface area contributed by atoms with E-state index < -0.39 is 23.6 Å². The summed E-state index contributed by atoms with van der Waals surface area (Å²) in [5.74, 6) is -1.71. The predicted molar refractivity (Wildman–Crippen MR) is 115 cm³/mol. The summed E-state index contributed by atoms with van der Waals surface area (Å²) in [7, 11) is 0. The van der Waals surface area contributed by atoms with E-state index in [9.17, 15) is 4.79 Å². The van der Waals surface area contributed by atoms with Gasteiger partial charge in [0.25, 0.3) is 0 Å². The average Bonchev–Trinajstić information content (AvgIpc) is 3.47. The number of nitrogens with zero attached hydrogens (tertiary/aromatic N) is 4. The van der Waals surface area contributed by atoms with Crippen LogP contribution in [0.5, 0.6) is 0 Å². The normalized spacial score (nSPS) is 20.6. The molecule has 2 unspecified atom stereocenters. The number of aromatic amines is 1. The lowest BCUT2D eigenvalue weighted by molar-refractivity contribution is -0.131. The number of carbonyl (C=O) groups is 1. The number of nitrogens with one attached hydrogen (secondary N) is 1. The van der Waals surface area contributed by atoms with E-state index in [0.717, 1.165) is 29.6 Å². The second kappa shape index (κ2) is 6.91. The highest BCUT2D eigenvalue weighted by atomic mass is 19.1. The first-order valence-electron chi connectivity index (χ1n) is 10.6. The summed E-state index contributed by atoms with van der Waals surface area (Å²) in [6.07, 6.45) is 3.38. The molecule has 3 heterocycles. The molecule has 1 aliphatic carbocycles.